The van der Waals surface area contributed by atoms with Crippen molar-refractivity contribution in [1.29, 1.82) is 0 Å². The lowest BCUT2D eigenvalue weighted by atomic mass is 10.2. The standard InChI is InChI=1S/C10H18O/c1-5-7-8-11-10(4)9(3)6-2/h3-8H2,1-2H3. The van der Waals surface area contributed by atoms with Gasteiger partial charge in [0, 0.05) is 0 Å². The van der Waals surface area contributed by atoms with Gasteiger partial charge in [0.1, 0.15) is 5.76 Å². The van der Waals surface area contributed by atoms with Crippen LogP contribution in [0.2, 0.25) is 0 Å². The van der Waals surface area contributed by atoms with Crippen LogP contribution in [-0.2, 0) is 4.74 Å². The molecular weight excluding hydrogens is 136 g/mol. The molecule has 11 heavy (non-hydrogen) atoms. The van der Waals surface area contributed by atoms with E-state index in [1.807, 2.05) is 0 Å². The zero-order chi connectivity index (χ0) is 8.69. The Kier molecular flexibility index (Phi) is 5.63. The van der Waals surface area contributed by atoms with Crippen molar-refractivity contribution in [3.05, 3.63) is 24.5 Å². The normalized spacial score (nSPS) is 9.27. The van der Waals surface area contributed by atoms with Crippen LogP contribution in [0, 0.1) is 0 Å². The minimum atomic E-state index is 0.751. The van der Waals surface area contributed by atoms with Crippen LogP contribution in [0.4, 0.5) is 0 Å². The Morgan fingerprint density at radius 2 is 1.91 bits per heavy atom. The first-order valence-corrected chi connectivity index (χ1v) is 4.22. The summed E-state index contributed by atoms with van der Waals surface area (Å²) < 4.78 is 5.34. The second-order valence-corrected chi connectivity index (χ2v) is 2.58. The van der Waals surface area contributed by atoms with Gasteiger partial charge in [0.2, 0.25) is 0 Å². The van der Waals surface area contributed by atoms with Gasteiger partial charge in [-0.05, 0) is 18.4 Å². The van der Waals surface area contributed by atoms with Crippen LogP contribution in [0.15, 0.2) is 24.5 Å². The molecule has 1 nitrogen and oxygen atoms in total. The lowest BCUT2D eigenvalue weighted by molar-refractivity contribution is 0.215. The van der Waals surface area contributed by atoms with Crippen molar-refractivity contribution in [1.82, 2.24) is 0 Å². The third-order valence-corrected chi connectivity index (χ3v) is 1.60. The number of allylic oxidation sites excluding steroid dienone is 1. The second-order valence-electron chi connectivity index (χ2n) is 2.58. The first-order chi connectivity index (χ1) is 5.22. The fraction of sp³-hybridized carbons (Fsp3) is 0.600. The SMILES string of the molecule is C=C(CC)C(=C)OCCCC. The van der Waals surface area contributed by atoms with Gasteiger partial charge in [-0.15, -0.1) is 0 Å². The van der Waals surface area contributed by atoms with Crippen LogP contribution in [0.1, 0.15) is 33.1 Å². The molecule has 0 atom stereocenters. The Morgan fingerprint density at radius 1 is 1.27 bits per heavy atom. The topological polar surface area (TPSA) is 9.23 Å². The van der Waals surface area contributed by atoms with Crippen molar-refractivity contribution < 1.29 is 4.74 Å². The highest BCUT2D eigenvalue weighted by Crippen LogP contribution is 2.10. The number of unbranched alkanes of at least 4 members (excludes halogenated alkanes) is 1. The first kappa shape index (κ1) is 10.3. The maximum atomic E-state index is 5.34. The van der Waals surface area contributed by atoms with Gasteiger partial charge in [-0.1, -0.05) is 33.4 Å². The average molecular weight is 154 g/mol. The lowest BCUT2D eigenvalue weighted by Crippen LogP contribution is -1.95. The summed E-state index contributed by atoms with van der Waals surface area (Å²) in [4.78, 5) is 0. The molecule has 0 amide bonds. The van der Waals surface area contributed by atoms with Gasteiger partial charge in [-0.2, -0.15) is 0 Å². The van der Waals surface area contributed by atoms with Gasteiger partial charge in [-0.25, -0.2) is 0 Å². The third-order valence-electron chi connectivity index (χ3n) is 1.60. The molecule has 0 saturated carbocycles. The van der Waals surface area contributed by atoms with E-state index in [1.54, 1.807) is 0 Å². The van der Waals surface area contributed by atoms with E-state index in [4.69, 9.17) is 4.74 Å². The minimum Gasteiger partial charge on any atom is -0.494 e. The second kappa shape index (κ2) is 6.02. The van der Waals surface area contributed by atoms with Crippen LogP contribution in [-0.4, -0.2) is 6.61 Å². The Morgan fingerprint density at radius 3 is 2.36 bits per heavy atom. The van der Waals surface area contributed by atoms with E-state index in [1.165, 1.54) is 0 Å². The molecule has 0 aromatic heterocycles. The van der Waals surface area contributed by atoms with Crippen LogP contribution >= 0.6 is 0 Å². The molecule has 0 aliphatic rings. The summed E-state index contributed by atoms with van der Waals surface area (Å²) in [6.07, 6.45) is 3.17. The van der Waals surface area contributed by atoms with Gasteiger partial charge >= 0.3 is 0 Å². The fourth-order valence-electron chi connectivity index (χ4n) is 0.639. The number of hydrogen-bond donors (Lipinski definition) is 0. The number of ether oxygens (including phenoxy) is 1. The molecule has 0 bridgehead atoms. The van der Waals surface area contributed by atoms with Gasteiger partial charge in [-0.3, -0.25) is 0 Å². The van der Waals surface area contributed by atoms with E-state index < -0.39 is 0 Å². The Labute approximate surface area is 69.8 Å². The largest absolute Gasteiger partial charge is 0.494 e. The van der Waals surface area contributed by atoms with E-state index in [0.717, 1.165) is 37.2 Å². The molecular formula is C10H18O. The van der Waals surface area contributed by atoms with E-state index in [2.05, 4.69) is 27.0 Å². The smallest absolute Gasteiger partial charge is 0.114 e. The van der Waals surface area contributed by atoms with Crippen LogP contribution < -0.4 is 0 Å². The van der Waals surface area contributed by atoms with Crippen LogP contribution in [0.3, 0.4) is 0 Å². The van der Waals surface area contributed by atoms with Crippen LogP contribution in [0.5, 0.6) is 0 Å². The van der Waals surface area contributed by atoms with Gasteiger partial charge in [0.25, 0.3) is 0 Å². The van der Waals surface area contributed by atoms with Crippen molar-refractivity contribution in [3.63, 3.8) is 0 Å². The van der Waals surface area contributed by atoms with Crippen molar-refractivity contribution in [2.24, 2.45) is 0 Å². The van der Waals surface area contributed by atoms with Gasteiger partial charge in [0.15, 0.2) is 0 Å². The molecule has 0 heterocycles. The maximum Gasteiger partial charge on any atom is 0.114 e. The van der Waals surface area contributed by atoms with E-state index in [-0.39, 0.29) is 0 Å². The zero-order valence-corrected chi connectivity index (χ0v) is 7.65. The Hall–Kier alpha value is -0.720. The minimum absolute atomic E-state index is 0.751. The number of hydrogen-bond acceptors (Lipinski definition) is 1. The summed E-state index contributed by atoms with van der Waals surface area (Å²) in [5.74, 6) is 0.751. The predicted octanol–water partition coefficient (Wildman–Crippen LogP) is 3.28. The summed E-state index contributed by atoms with van der Waals surface area (Å²) in [5, 5.41) is 0. The monoisotopic (exact) mass is 154 g/mol. The van der Waals surface area contributed by atoms with E-state index in [9.17, 15) is 0 Å². The fourth-order valence-corrected chi connectivity index (χ4v) is 0.639. The Bertz CT molecular complexity index is 136. The van der Waals surface area contributed by atoms with Crippen molar-refractivity contribution in [2.45, 2.75) is 33.1 Å². The molecule has 0 fully saturated rings. The number of rotatable bonds is 6. The molecule has 0 unspecified atom stereocenters. The zero-order valence-electron chi connectivity index (χ0n) is 7.65. The molecule has 0 aromatic carbocycles. The van der Waals surface area contributed by atoms with Gasteiger partial charge < -0.3 is 4.74 Å². The predicted molar refractivity (Wildman–Crippen MR) is 49.4 cm³/mol. The Balaban J connectivity index is 3.44. The van der Waals surface area contributed by atoms with Crippen molar-refractivity contribution in [3.8, 4) is 0 Å². The highest BCUT2D eigenvalue weighted by atomic mass is 16.5. The molecule has 0 N–H and O–H groups in total. The summed E-state index contributed by atoms with van der Waals surface area (Å²) in [7, 11) is 0. The van der Waals surface area contributed by atoms with Crippen molar-refractivity contribution >= 4 is 0 Å². The molecule has 0 saturated heterocycles. The highest BCUT2D eigenvalue weighted by molar-refractivity contribution is 5.18. The maximum absolute atomic E-state index is 5.34. The summed E-state index contributed by atoms with van der Waals surface area (Å²) in [5.41, 5.74) is 1.00. The highest BCUT2D eigenvalue weighted by Gasteiger charge is 1.96. The first-order valence-electron chi connectivity index (χ1n) is 4.22. The lowest BCUT2D eigenvalue weighted by Gasteiger charge is -2.08. The molecule has 1 heteroatoms. The quantitative estimate of drug-likeness (QED) is 0.324. The molecule has 0 radical (unpaired) electrons. The van der Waals surface area contributed by atoms with E-state index in [0.29, 0.717) is 0 Å². The molecule has 0 aromatic rings. The average Bonchev–Trinajstić information content (AvgIpc) is 2.03. The molecule has 0 aliphatic heterocycles. The van der Waals surface area contributed by atoms with E-state index >= 15 is 0 Å². The third kappa shape index (κ3) is 4.65. The van der Waals surface area contributed by atoms with Gasteiger partial charge in [0.05, 0.1) is 6.61 Å². The molecule has 0 spiro atoms. The molecule has 0 rings (SSSR count). The summed E-state index contributed by atoms with van der Waals surface area (Å²) >= 11 is 0. The molecule has 0 aliphatic carbocycles. The van der Waals surface area contributed by atoms with Crippen LogP contribution in [0.25, 0.3) is 0 Å². The summed E-state index contributed by atoms with van der Waals surface area (Å²) in [6, 6.07) is 0. The van der Waals surface area contributed by atoms with Crippen molar-refractivity contribution in [2.75, 3.05) is 6.61 Å². The summed E-state index contributed by atoms with van der Waals surface area (Å²) in [6.45, 7) is 12.6. The molecule has 64 valence electrons.